The lowest BCUT2D eigenvalue weighted by Crippen LogP contribution is -1.92. The van der Waals surface area contributed by atoms with Crippen LogP contribution >= 0.6 is 11.6 Å². The van der Waals surface area contributed by atoms with E-state index in [1.54, 1.807) is 25.3 Å². The molecule has 7 heteroatoms. The van der Waals surface area contributed by atoms with Crippen molar-refractivity contribution >= 4 is 34.3 Å². The summed E-state index contributed by atoms with van der Waals surface area (Å²) in [5.41, 5.74) is 2.54. The molecule has 0 bridgehead atoms. The maximum atomic E-state index is 9.55. The molecule has 4 rings (SSSR count). The summed E-state index contributed by atoms with van der Waals surface area (Å²) in [6.45, 7) is 0.162. The highest BCUT2D eigenvalue weighted by Crippen LogP contribution is 2.38. The molecule has 3 aromatic rings. The molecular formula is C18H12ClN3O3. The Balaban J connectivity index is 1.78. The number of aromatic nitrogens is 2. The van der Waals surface area contributed by atoms with Gasteiger partial charge in [-0.3, -0.25) is 0 Å². The largest absolute Gasteiger partial charge is 0.497 e. The molecule has 1 aliphatic heterocycles. The number of allylic oxidation sites excluding steroid dienone is 1. The molecule has 0 aliphatic carbocycles. The summed E-state index contributed by atoms with van der Waals surface area (Å²) in [6, 6.07) is 11.1. The van der Waals surface area contributed by atoms with Crippen molar-refractivity contribution in [3.05, 3.63) is 46.7 Å². The Morgan fingerprint density at radius 2 is 2.12 bits per heavy atom. The summed E-state index contributed by atoms with van der Waals surface area (Å²) in [7, 11) is 1.60. The fraction of sp³-hybridized carbons (Fsp3) is 0.111. The van der Waals surface area contributed by atoms with Gasteiger partial charge in [0.05, 0.1) is 28.7 Å². The molecule has 0 saturated heterocycles. The Labute approximate surface area is 148 Å². The van der Waals surface area contributed by atoms with Crippen LogP contribution in [0.2, 0.25) is 5.02 Å². The number of methoxy groups -OCH3 is 1. The Bertz CT molecular complexity index is 1050. The van der Waals surface area contributed by atoms with Gasteiger partial charge < -0.3 is 19.2 Å². The number of fused-ring (bicyclic) bond motifs is 2. The molecule has 6 nitrogen and oxygen atoms in total. The van der Waals surface area contributed by atoms with Crippen molar-refractivity contribution in [3.8, 4) is 23.3 Å². The zero-order chi connectivity index (χ0) is 17.4. The first-order chi connectivity index (χ1) is 12.2. The number of nitriles is 1. The summed E-state index contributed by atoms with van der Waals surface area (Å²) < 4.78 is 15.8. The lowest BCUT2D eigenvalue weighted by Gasteiger charge is -2.02. The number of nitrogens with zero attached hydrogens (tertiary/aromatic N) is 2. The number of hydrogen-bond acceptors (Lipinski definition) is 5. The number of hydrogen-bond donors (Lipinski definition) is 1. The van der Waals surface area contributed by atoms with Gasteiger partial charge in [-0.05, 0) is 29.8 Å². The van der Waals surface area contributed by atoms with E-state index in [2.05, 4.69) is 16.0 Å². The highest BCUT2D eigenvalue weighted by atomic mass is 35.5. The quantitative estimate of drug-likeness (QED) is 0.719. The van der Waals surface area contributed by atoms with E-state index in [1.807, 2.05) is 18.2 Å². The van der Waals surface area contributed by atoms with E-state index in [4.69, 9.17) is 25.8 Å². The average molecular weight is 354 g/mol. The van der Waals surface area contributed by atoms with Gasteiger partial charge in [-0.25, -0.2) is 4.98 Å². The van der Waals surface area contributed by atoms with E-state index in [0.29, 0.717) is 39.2 Å². The second-order valence-electron chi connectivity index (χ2n) is 5.37. The van der Waals surface area contributed by atoms with Gasteiger partial charge in [-0.15, -0.1) is 0 Å². The molecule has 0 saturated carbocycles. The highest BCUT2D eigenvalue weighted by molar-refractivity contribution is 6.32. The summed E-state index contributed by atoms with van der Waals surface area (Å²) >= 11 is 6.28. The molecule has 2 aromatic carbocycles. The van der Waals surface area contributed by atoms with Crippen molar-refractivity contribution in [3.63, 3.8) is 0 Å². The second-order valence-corrected chi connectivity index (χ2v) is 5.77. The minimum atomic E-state index is 0.162. The van der Waals surface area contributed by atoms with Gasteiger partial charge in [-0.2, -0.15) is 5.26 Å². The fourth-order valence-corrected chi connectivity index (χ4v) is 2.80. The smallest absolute Gasteiger partial charge is 0.231 e. The van der Waals surface area contributed by atoms with Crippen molar-refractivity contribution in [1.29, 1.82) is 5.26 Å². The first kappa shape index (κ1) is 15.4. The third-order valence-electron chi connectivity index (χ3n) is 3.86. The number of benzene rings is 2. The molecule has 0 radical (unpaired) electrons. The number of nitrogens with one attached hydrogen (secondary N) is 1. The second kappa shape index (κ2) is 6.04. The first-order valence-electron chi connectivity index (χ1n) is 7.43. The molecule has 25 heavy (non-hydrogen) atoms. The van der Waals surface area contributed by atoms with Crippen LogP contribution in [-0.2, 0) is 0 Å². The Morgan fingerprint density at radius 3 is 2.88 bits per heavy atom. The van der Waals surface area contributed by atoms with Crippen molar-refractivity contribution in [2.24, 2.45) is 0 Å². The average Bonchev–Trinajstić information content (AvgIpc) is 3.24. The summed E-state index contributed by atoms with van der Waals surface area (Å²) in [4.78, 5) is 7.59. The number of H-pyrrole nitrogens is 1. The SMILES string of the molecule is COc1ccc2nc(/C(C#N)=C/c3cc4c(cc3Cl)OCO4)[nH]c2c1. The van der Waals surface area contributed by atoms with Crippen LogP contribution in [0.1, 0.15) is 11.4 Å². The Kier molecular flexibility index (Phi) is 3.71. The lowest BCUT2D eigenvalue weighted by atomic mass is 10.1. The first-order valence-corrected chi connectivity index (χ1v) is 7.81. The zero-order valence-corrected chi connectivity index (χ0v) is 13.9. The predicted molar refractivity (Wildman–Crippen MR) is 93.7 cm³/mol. The fourth-order valence-electron chi connectivity index (χ4n) is 2.60. The molecule has 0 fully saturated rings. The van der Waals surface area contributed by atoms with E-state index < -0.39 is 0 Å². The van der Waals surface area contributed by atoms with Crippen molar-refractivity contribution < 1.29 is 14.2 Å². The number of imidazole rings is 1. The number of halogens is 1. The molecular weight excluding hydrogens is 342 g/mol. The number of aromatic amines is 1. The minimum absolute atomic E-state index is 0.162. The summed E-state index contributed by atoms with van der Waals surface area (Å²) in [5, 5.41) is 10.0. The van der Waals surface area contributed by atoms with Gasteiger partial charge in [0, 0.05) is 12.1 Å². The molecule has 0 amide bonds. The predicted octanol–water partition coefficient (Wildman–Crippen LogP) is 4.02. The van der Waals surface area contributed by atoms with Crippen LogP contribution in [0.4, 0.5) is 0 Å². The van der Waals surface area contributed by atoms with Crippen LogP contribution in [-0.4, -0.2) is 23.9 Å². The Morgan fingerprint density at radius 1 is 1.32 bits per heavy atom. The Hall–Kier alpha value is -3.17. The molecule has 1 aliphatic rings. The van der Waals surface area contributed by atoms with Gasteiger partial charge >= 0.3 is 0 Å². The summed E-state index contributed by atoms with van der Waals surface area (Å²) in [6.07, 6.45) is 1.67. The van der Waals surface area contributed by atoms with Crippen LogP contribution in [0.5, 0.6) is 17.2 Å². The standard InChI is InChI=1S/C18H12ClN3O3/c1-23-12-2-3-14-15(6-12)22-18(21-14)11(8-20)4-10-5-16-17(7-13(10)19)25-9-24-16/h2-7H,9H2,1H3,(H,21,22)/b11-4+. The lowest BCUT2D eigenvalue weighted by molar-refractivity contribution is 0.174. The minimum Gasteiger partial charge on any atom is -0.497 e. The molecule has 1 N–H and O–H groups in total. The molecule has 1 aromatic heterocycles. The van der Waals surface area contributed by atoms with E-state index in [-0.39, 0.29) is 6.79 Å². The number of rotatable bonds is 3. The van der Waals surface area contributed by atoms with Gasteiger partial charge in [0.25, 0.3) is 0 Å². The van der Waals surface area contributed by atoms with Crippen LogP contribution in [0.3, 0.4) is 0 Å². The van der Waals surface area contributed by atoms with Gasteiger partial charge in [0.1, 0.15) is 17.6 Å². The molecule has 124 valence electrons. The molecule has 0 atom stereocenters. The van der Waals surface area contributed by atoms with Crippen molar-refractivity contribution in [2.45, 2.75) is 0 Å². The van der Waals surface area contributed by atoms with E-state index in [1.165, 1.54) is 0 Å². The third-order valence-corrected chi connectivity index (χ3v) is 4.18. The third kappa shape index (κ3) is 2.75. The van der Waals surface area contributed by atoms with Crippen molar-refractivity contribution in [2.75, 3.05) is 13.9 Å². The molecule has 0 unspecified atom stereocenters. The normalized spacial score (nSPS) is 13.1. The topological polar surface area (TPSA) is 80.2 Å². The van der Waals surface area contributed by atoms with Gasteiger partial charge in [-0.1, -0.05) is 11.6 Å². The maximum Gasteiger partial charge on any atom is 0.231 e. The van der Waals surface area contributed by atoms with Crippen LogP contribution in [0.25, 0.3) is 22.7 Å². The highest BCUT2D eigenvalue weighted by Gasteiger charge is 2.17. The van der Waals surface area contributed by atoms with Crippen LogP contribution in [0, 0.1) is 11.3 Å². The van der Waals surface area contributed by atoms with E-state index >= 15 is 0 Å². The van der Waals surface area contributed by atoms with E-state index in [0.717, 1.165) is 11.0 Å². The molecule has 0 spiro atoms. The van der Waals surface area contributed by atoms with Crippen LogP contribution in [0.15, 0.2) is 30.3 Å². The summed E-state index contributed by atoms with van der Waals surface area (Å²) in [5.74, 6) is 2.36. The monoisotopic (exact) mass is 353 g/mol. The van der Waals surface area contributed by atoms with Crippen molar-refractivity contribution in [1.82, 2.24) is 9.97 Å². The zero-order valence-electron chi connectivity index (χ0n) is 13.2. The molecule has 2 heterocycles. The van der Waals surface area contributed by atoms with E-state index in [9.17, 15) is 5.26 Å². The maximum absolute atomic E-state index is 9.55. The van der Waals surface area contributed by atoms with Gasteiger partial charge in [0.15, 0.2) is 11.5 Å². The van der Waals surface area contributed by atoms with Gasteiger partial charge in [0.2, 0.25) is 6.79 Å². The number of ether oxygens (including phenoxy) is 3. The van der Waals surface area contributed by atoms with Crippen LogP contribution < -0.4 is 14.2 Å².